The van der Waals surface area contributed by atoms with Gasteiger partial charge in [0, 0.05) is 6.42 Å². The van der Waals surface area contributed by atoms with Crippen LogP contribution in [0.4, 0.5) is 0 Å². The van der Waals surface area contributed by atoms with Gasteiger partial charge in [-0.15, -0.1) is 0 Å². The van der Waals surface area contributed by atoms with E-state index in [1.165, 1.54) is 18.2 Å². The number of hydrogen-bond acceptors (Lipinski definition) is 3. The standard InChI is InChI=1S/C15H12O4/c16-13-7-6-11(15(18)19)9-12(13)14(17)8-10-4-2-1-3-5-10/h1-7,9,16H,8H2,(H,18,19). The van der Waals surface area contributed by atoms with E-state index in [0.717, 1.165) is 5.56 Å². The summed E-state index contributed by atoms with van der Waals surface area (Å²) in [5, 5.41) is 18.5. The number of rotatable bonds is 4. The second kappa shape index (κ2) is 5.35. The summed E-state index contributed by atoms with van der Waals surface area (Å²) in [6.07, 6.45) is 0.122. The third-order valence-electron chi connectivity index (χ3n) is 2.75. The zero-order valence-electron chi connectivity index (χ0n) is 10.0. The van der Waals surface area contributed by atoms with Crippen molar-refractivity contribution in [3.63, 3.8) is 0 Å². The van der Waals surface area contributed by atoms with Gasteiger partial charge < -0.3 is 10.2 Å². The first-order valence-electron chi connectivity index (χ1n) is 5.71. The summed E-state index contributed by atoms with van der Waals surface area (Å²) >= 11 is 0. The lowest BCUT2D eigenvalue weighted by atomic mass is 10.0. The highest BCUT2D eigenvalue weighted by Crippen LogP contribution is 2.20. The van der Waals surface area contributed by atoms with Crippen molar-refractivity contribution in [1.29, 1.82) is 0 Å². The highest BCUT2D eigenvalue weighted by molar-refractivity contribution is 6.02. The maximum atomic E-state index is 12.1. The lowest BCUT2D eigenvalue weighted by molar-refractivity contribution is 0.0697. The third-order valence-corrected chi connectivity index (χ3v) is 2.75. The van der Waals surface area contributed by atoms with E-state index in [1.54, 1.807) is 12.1 Å². The molecule has 2 aromatic carbocycles. The van der Waals surface area contributed by atoms with E-state index in [1.807, 2.05) is 18.2 Å². The van der Waals surface area contributed by atoms with Crippen molar-refractivity contribution in [3.8, 4) is 5.75 Å². The SMILES string of the molecule is O=C(O)c1ccc(O)c(C(=O)Cc2ccccc2)c1. The molecule has 0 aliphatic rings. The molecule has 0 spiro atoms. The van der Waals surface area contributed by atoms with E-state index >= 15 is 0 Å². The van der Waals surface area contributed by atoms with Gasteiger partial charge in [-0.3, -0.25) is 4.79 Å². The molecule has 2 N–H and O–H groups in total. The molecule has 4 heteroatoms. The van der Waals surface area contributed by atoms with Crippen molar-refractivity contribution < 1.29 is 19.8 Å². The van der Waals surface area contributed by atoms with Gasteiger partial charge in [0.15, 0.2) is 5.78 Å². The van der Waals surface area contributed by atoms with E-state index < -0.39 is 5.97 Å². The van der Waals surface area contributed by atoms with Crippen LogP contribution in [0.15, 0.2) is 48.5 Å². The number of ketones is 1. The Bertz CT molecular complexity index is 617. The smallest absolute Gasteiger partial charge is 0.335 e. The van der Waals surface area contributed by atoms with Gasteiger partial charge in [0.05, 0.1) is 11.1 Å². The number of Topliss-reactive ketones (excluding diaryl/α,β-unsaturated/α-hetero) is 1. The van der Waals surface area contributed by atoms with Gasteiger partial charge >= 0.3 is 5.97 Å². The molecule has 0 aliphatic heterocycles. The highest BCUT2D eigenvalue weighted by atomic mass is 16.4. The highest BCUT2D eigenvalue weighted by Gasteiger charge is 2.14. The minimum Gasteiger partial charge on any atom is -0.507 e. The Hall–Kier alpha value is -2.62. The second-order valence-corrected chi connectivity index (χ2v) is 4.12. The molecule has 0 bridgehead atoms. The number of aromatic hydroxyl groups is 1. The molecule has 0 aromatic heterocycles. The van der Waals surface area contributed by atoms with Crippen molar-refractivity contribution in [2.24, 2.45) is 0 Å². The van der Waals surface area contributed by atoms with Crippen LogP contribution in [0.2, 0.25) is 0 Å². The molecule has 2 aromatic rings. The van der Waals surface area contributed by atoms with Crippen molar-refractivity contribution in [3.05, 3.63) is 65.2 Å². The Balaban J connectivity index is 2.28. The summed E-state index contributed by atoms with van der Waals surface area (Å²) in [4.78, 5) is 22.9. The van der Waals surface area contributed by atoms with E-state index in [0.29, 0.717) is 0 Å². The van der Waals surface area contributed by atoms with Gasteiger partial charge in [0.1, 0.15) is 5.75 Å². The number of hydrogen-bond donors (Lipinski definition) is 2. The lowest BCUT2D eigenvalue weighted by Crippen LogP contribution is -2.06. The van der Waals surface area contributed by atoms with Gasteiger partial charge in [-0.2, -0.15) is 0 Å². The first-order valence-corrected chi connectivity index (χ1v) is 5.71. The zero-order chi connectivity index (χ0) is 13.8. The molecule has 19 heavy (non-hydrogen) atoms. The number of carbonyl (C=O) groups is 2. The first-order chi connectivity index (χ1) is 9.08. The predicted molar refractivity (Wildman–Crippen MR) is 69.5 cm³/mol. The molecule has 0 unspecified atom stereocenters. The lowest BCUT2D eigenvalue weighted by Gasteiger charge is -2.05. The van der Waals surface area contributed by atoms with Crippen LogP contribution in [0.25, 0.3) is 0 Å². The van der Waals surface area contributed by atoms with E-state index in [4.69, 9.17) is 5.11 Å². The van der Waals surface area contributed by atoms with Gasteiger partial charge in [0.2, 0.25) is 0 Å². The fourth-order valence-electron chi connectivity index (χ4n) is 1.77. The normalized spacial score (nSPS) is 10.1. The number of aromatic carboxylic acids is 1. The fourth-order valence-corrected chi connectivity index (χ4v) is 1.77. The maximum absolute atomic E-state index is 12.1. The minimum atomic E-state index is -1.13. The molecule has 0 radical (unpaired) electrons. The van der Waals surface area contributed by atoms with E-state index in [9.17, 15) is 14.7 Å². The van der Waals surface area contributed by atoms with Gasteiger partial charge in [-0.1, -0.05) is 30.3 Å². The molecular formula is C15H12O4. The number of phenolic OH excluding ortho intramolecular Hbond substituents is 1. The van der Waals surface area contributed by atoms with Crippen LogP contribution < -0.4 is 0 Å². The van der Waals surface area contributed by atoms with Crippen molar-refractivity contribution >= 4 is 11.8 Å². The average molecular weight is 256 g/mol. The van der Waals surface area contributed by atoms with Crippen molar-refractivity contribution in [2.45, 2.75) is 6.42 Å². The first kappa shape index (κ1) is 12.8. The van der Waals surface area contributed by atoms with Crippen LogP contribution >= 0.6 is 0 Å². The summed E-state index contributed by atoms with van der Waals surface area (Å²) < 4.78 is 0. The van der Waals surface area contributed by atoms with Crippen molar-refractivity contribution in [1.82, 2.24) is 0 Å². The Kier molecular flexibility index (Phi) is 3.61. The van der Waals surface area contributed by atoms with Gasteiger partial charge in [-0.25, -0.2) is 4.79 Å². The van der Waals surface area contributed by atoms with Crippen LogP contribution in [0, 0.1) is 0 Å². The molecule has 0 saturated carbocycles. The molecule has 2 rings (SSSR count). The summed E-state index contributed by atoms with van der Waals surface area (Å²) in [7, 11) is 0. The summed E-state index contributed by atoms with van der Waals surface area (Å²) in [5.74, 6) is -1.65. The van der Waals surface area contributed by atoms with Crippen LogP contribution in [0.5, 0.6) is 5.75 Å². The van der Waals surface area contributed by atoms with Crippen molar-refractivity contribution in [2.75, 3.05) is 0 Å². The summed E-state index contributed by atoms with van der Waals surface area (Å²) in [6.45, 7) is 0. The van der Waals surface area contributed by atoms with Gasteiger partial charge in [0.25, 0.3) is 0 Å². The topological polar surface area (TPSA) is 74.6 Å². The zero-order valence-corrected chi connectivity index (χ0v) is 10.0. The Labute approximate surface area is 109 Å². The summed E-state index contributed by atoms with van der Waals surface area (Å²) in [6, 6.07) is 12.8. The quantitative estimate of drug-likeness (QED) is 0.824. The minimum absolute atomic E-state index is 0.0192. The Morgan fingerprint density at radius 1 is 1.00 bits per heavy atom. The van der Waals surface area contributed by atoms with Crippen LogP contribution in [-0.2, 0) is 6.42 Å². The van der Waals surface area contributed by atoms with Gasteiger partial charge in [-0.05, 0) is 23.8 Å². The molecule has 0 aliphatic carbocycles. The largest absolute Gasteiger partial charge is 0.507 e. The van der Waals surface area contributed by atoms with E-state index in [-0.39, 0.29) is 29.1 Å². The molecule has 0 atom stereocenters. The monoisotopic (exact) mass is 256 g/mol. The Morgan fingerprint density at radius 3 is 2.32 bits per heavy atom. The molecule has 0 heterocycles. The fraction of sp³-hybridized carbons (Fsp3) is 0.0667. The van der Waals surface area contributed by atoms with Crippen LogP contribution in [0.1, 0.15) is 26.3 Å². The third kappa shape index (κ3) is 2.98. The second-order valence-electron chi connectivity index (χ2n) is 4.12. The maximum Gasteiger partial charge on any atom is 0.335 e. The van der Waals surface area contributed by atoms with E-state index in [2.05, 4.69) is 0 Å². The number of phenols is 1. The number of benzene rings is 2. The molecule has 0 saturated heterocycles. The molecule has 0 fully saturated rings. The molecular weight excluding hydrogens is 244 g/mol. The van der Waals surface area contributed by atoms with Crippen LogP contribution in [-0.4, -0.2) is 22.0 Å². The number of carboxylic acids is 1. The molecule has 4 nitrogen and oxygen atoms in total. The Morgan fingerprint density at radius 2 is 1.68 bits per heavy atom. The van der Waals surface area contributed by atoms with Crippen LogP contribution in [0.3, 0.4) is 0 Å². The number of carbonyl (C=O) groups excluding carboxylic acids is 1. The predicted octanol–water partition coefficient (Wildman–Crippen LogP) is 2.52. The molecule has 0 amide bonds. The summed E-state index contributed by atoms with van der Waals surface area (Å²) in [5.41, 5.74) is 0.825. The average Bonchev–Trinajstić information content (AvgIpc) is 2.40. The number of carboxylic acid groups (broad SMARTS) is 1. The molecule has 96 valence electrons.